The van der Waals surface area contributed by atoms with Crippen molar-refractivity contribution in [3.63, 3.8) is 0 Å². The summed E-state index contributed by atoms with van der Waals surface area (Å²) in [5.74, 6) is -2.21. The topological polar surface area (TPSA) is 110 Å². The van der Waals surface area contributed by atoms with Gasteiger partial charge in [-0.1, -0.05) is 15.9 Å². The van der Waals surface area contributed by atoms with Crippen LogP contribution in [0.4, 0.5) is 4.79 Å². The molecule has 0 aromatic heterocycles. The van der Waals surface area contributed by atoms with Crippen LogP contribution in [-0.2, 0) is 19.1 Å². The molecule has 0 bridgehead atoms. The zero-order valence-electron chi connectivity index (χ0n) is 14.4. The lowest BCUT2D eigenvalue weighted by Gasteiger charge is -2.19. The minimum atomic E-state index is -1.15. The third-order valence-electron chi connectivity index (χ3n) is 3.45. The molecular formula is C17H16BrNO7S. The number of hydrogen-bond donors (Lipinski definition) is 1. The predicted octanol–water partition coefficient (Wildman–Crippen LogP) is 2.90. The van der Waals surface area contributed by atoms with Crippen LogP contribution in [0.15, 0.2) is 27.6 Å². The van der Waals surface area contributed by atoms with E-state index in [1.807, 2.05) is 0 Å². The van der Waals surface area contributed by atoms with Gasteiger partial charge in [-0.2, -0.15) is 0 Å². The molecule has 144 valence electrons. The minimum Gasteiger partial charge on any atom is -0.481 e. The number of halogens is 1. The number of carbonyl (C=O) groups excluding carboxylic acids is 3. The molecule has 0 unspecified atom stereocenters. The average molecular weight is 458 g/mol. The van der Waals surface area contributed by atoms with Crippen LogP contribution < -0.4 is 4.74 Å². The quantitative estimate of drug-likeness (QED) is 0.491. The molecule has 1 aliphatic rings. The first-order chi connectivity index (χ1) is 12.7. The number of imide groups is 1. The Balaban J connectivity index is 2.31. The van der Waals surface area contributed by atoms with Crippen molar-refractivity contribution >= 4 is 56.9 Å². The third-order valence-corrected chi connectivity index (χ3v) is 4.83. The third kappa shape index (κ3) is 5.10. The summed E-state index contributed by atoms with van der Waals surface area (Å²) >= 11 is 3.98. The standard InChI is InChI=1S/C17H16BrNO7S/c1-3-25-16(23)9(2)19-15(22)13(27-17(19)24)7-10-6-11(18)4-5-12(10)26-8-14(20)21/h4-7,9H,3,8H2,1-2H3,(H,20,21)/b13-7+/t9-/m0/s1. The molecule has 0 spiro atoms. The van der Waals surface area contributed by atoms with E-state index in [-0.39, 0.29) is 17.3 Å². The molecular weight excluding hydrogens is 442 g/mol. The molecule has 2 amide bonds. The van der Waals surface area contributed by atoms with Crippen molar-refractivity contribution in [1.82, 2.24) is 4.90 Å². The number of carbonyl (C=O) groups is 4. The fourth-order valence-corrected chi connectivity index (χ4v) is 3.50. The number of aliphatic carboxylic acids is 1. The molecule has 1 aromatic carbocycles. The fourth-order valence-electron chi connectivity index (χ4n) is 2.23. The lowest BCUT2D eigenvalue weighted by molar-refractivity contribution is -0.150. The van der Waals surface area contributed by atoms with Crippen LogP contribution >= 0.6 is 27.7 Å². The Hall–Kier alpha value is -2.33. The van der Waals surface area contributed by atoms with Crippen molar-refractivity contribution in [3.8, 4) is 5.75 Å². The highest BCUT2D eigenvalue weighted by Gasteiger charge is 2.41. The molecule has 1 heterocycles. The van der Waals surface area contributed by atoms with E-state index in [4.69, 9.17) is 14.6 Å². The van der Waals surface area contributed by atoms with Crippen molar-refractivity contribution < 1.29 is 33.8 Å². The maximum atomic E-state index is 12.6. The number of thioether (sulfide) groups is 1. The monoisotopic (exact) mass is 457 g/mol. The summed E-state index contributed by atoms with van der Waals surface area (Å²) in [4.78, 5) is 48.3. The second-order valence-electron chi connectivity index (χ2n) is 5.34. The maximum absolute atomic E-state index is 12.6. The molecule has 10 heteroatoms. The lowest BCUT2D eigenvalue weighted by Crippen LogP contribution is -2.42. The van der Waals surface area contributed by atoms with Gasteiger partial charge in [0, 0.05) is 10.0 Å². The molecule has 1 N–H and O–H groups in total. The van der Waals surface area contributed by atoms with Crippen molar-refractivity contribution in [2.75, 3.05) is 13.2 Å². The number of ether oxygens (including phenoxy) is 2. The van der Waals surface area contributed by atoms with E-state index in [2.05, 4.69) is 15.9 Å². The molecule has 0 radical (unpaired) electrons. The summed E-state index contributed by atoms with van der Waals surface area (Å²) < 4.78 is 10.7. The van der Waals surface area contributed by atoms with Gasteiger partial charge >= 0.3 is 11.9 Å². The lowest BCUT2D eigenvalue weighted by atomic mass is 10.1. The smallest absolute Gasteiger partial charge is 0.341 e. The zero-order chi connectivity index (χ0) is 20.1. The Morgan fingerprint density at radius 2 is 2.07 bits per heavy atom. The number of carboxylic acids is 1. The Bertz CT molecular complexity index is 823. The second-order valence-corrected chi connectivity index (χ2v) is 7.25. The van der Waals surface area contributed by atoms with Gasteiger partial charge < -0.3 is 14.6 Å². The zero-order valence-corrected chi connectivity index (χ0v) is 16.8. The van der Waals surface area contributed by atoms with Crippen LogP contribution in [0.25, 0.3) is 6.08 Å². The van der Waals surface area contributed by atoms with Crippen LogP contribution in [0.1, 0.15) is 19.4 Å². The largest absolute Gasteiger partial charge is 0.481 e. The summed E-state index contributed by atoms with van der Waals surface area (Å²) in [7, 11) is 0. The number of nitrogens with zero attached hydrogens (tertiary/aromatic N) is 1. The minimum absolute atomic E-state index is 0.0921. The number of benzene rings is 1. The van der Waals surface area contributed by atoms with Gasteiger partial charge in [-0.25, -0.2) is 9.59 Å². The molecule has 27 heavy (non-hydrogen) atoms. The van der Waals surface area contributed by atoms with E-state index in [0.29, 0.717) is 21.8 Å². The number of hydrogen-bond acceptors (Lipinski definition) is 7. The van der Waals surface area contributed by atoms with Gasteiger partial charge in [0.15, 0.2) is 6.61 Å². The SMILES string of the molecule is CCOC(=O)[C@H](C)N1C(=O)S/C(=C/c2cc(Br)ccc2OCC(=O)O)C1=O. The van der Waals surface area contributed by atoms with E-state index >= 15 is 0 Å². The number of amides is 2. The van der Waals surface area contributed by atoms with Crippen LogP contribution in [0.3, 0.4) is 0 Å². The second kappa shape index (κ2) is 9.05. The van der Waals surface area contributed by atoms with Crippen molar-refractivity contribution in [2.24, 2.45) is 0 Å². The summed E-state index contributed by atoms with van der Waals surface area (Å²) in [6.45, 7) is 2.63. The molecule has 0 saturated carbocycles. The highest BCUT2D eigenvalue weighted by molar-refractivity contribution is 9.10. The molecule has 1 aliphatic heterocycles. The summed E-state index contributed by atoms with van der Waals surface area (Å²) in [6, 6.07) is 3.78. The van der Waals surface area contributed by atoms with Gasteiger partial charge in [0.05, 0.1) is 11.5 Å². The molecule has 1 fully saturated rings. The number of esters is 1. The highest BCUT2D eigenvalue weighted by atomic mass is 79.9. The fraction of sp³-hybridized carbons (Fsp3) is 0.294. The van der Waals surface area contributed by atoms with Gasteiger partial charge in [-0.05, 0) is 49.9 Å². The first-order valence-electron chi connectivity index (χ1n) is 7.82. The Morgan fingerprint density at radius 3 is 2.70 bits per heavy atom. The van der Waals surface area contributed by atoms with Crippen LogP contribution in [0.2, 0.25) is 0 Å². The maximum Gasteiger partial charge on any atom is 0.341 e. The first kappa shape index (κ1) is 21.0. The van der Waals surface area contributed by atoms with Gasteiger partial charge in [0.1, 0.15) is 11.8 Å². The average Bonchev–Trinajstić information content (AvgIpc) is 2.87. The van der Waals surface area contributed by atoms with Gasteiger partial charge in [0.2, 0.25) is 0 Å². The molecule has 1 aromatic rings. The van der Waals surface area contributed by atoms with Gasteiger partial charge in [-0.3, -0.25) is 14.5 Å². The molecule has 2 rings (SSSR count). The van der Waals surface area contributed by atoms with Crippen LogP contribution in [0, 0.1) is 0 Å². The normalized spacial score (nSPS) is 16.6. The number of carboxylic acid groups (broad SMARTS) is 1. The molecule has 1 saturated heterocycles. The van der Waals surface area contributed by atoms with E-state index in [9.17, 15) is 19.2 Å². The van der Waals surface area contributed by atoms with Crippen LogP contribution in [-0.4, -0.2) is 52.3 Å². The van der Waals surface area contributed by atoms with Crippen molar-refractivity contribution in [1.29, 1.82) is 0 Å². The molecule has 1 atom stereocenters. The van der Waals surface area contributed by atoms with E-state index in [1.165, 1.54) is 13.0 Å². The van der Waals surface area contributed by atoms with Crippen molar-refractivity contribution in [2.45, 2.75) is 19.9 Å². The Morgan fingerprint density at radius 1 is 1.37 bits per heavy atom. The first-order valence-corrected chi connectivity index (χ1v) is 9.43. The van der Waals surface area contributed by atoms with Crippen LogP contribution in [0.5, 0.6) is 5.75 Å². The van der Waals surface area contributed by atoms with E-state index in [0.717, 1.165) is 4.90 Å². The number of rotatable bonds is 7. The predicted molar refractivity (Wildman–Crippen MR) is 101 cm³/mol. The summed E-state index contributed by atoms with van der Waals surface area (Å²) in [5, 5.41) is 8.18. The van der Waals surface area contributed by atoms with Gasteiger partial charge in [0.25, 0.3) is 11.1 Å². The van der Waals surface area contributed by atoms with Gasteiger partial charge in [-0.15, -0.1) is 0 Å². The van der Waals surface area contributed by atoms with E-state index in [1.54, 1.807) is 25.1 Å². The van der Waals surface area contributed by atoms with E-state index < -0.39 is 35.7 Å². The molecule has 0 aliphatic carbocycles. The Labute approximate surface area is 167 Å². The highest BCUT2D eigenvalue weighted by Crippen LogP contribution is 2.36. The van der Waals surface area contributed by atoms with Crippen molar-refractivity contribution in [3.05, 3.63) is 33.1 Å². The molecule has 8 nitrogen and oxygen atoms in total. The summed E-state index contributed by atoms with van der Waals surface area (Å²) in [5.41, 5.74) is 0.417. The summed E-state index contributed by atoms with van der Waals surface area (Å²) in [6.07, 6.45) is 1.42. The Kier molecular flexibility index (Phi) is 7.03.